The number of aromatic nitrogens is 1. The molecule has 0 fully saturated rings. The van der Waals surface area contributed by atoms with Gasteiger partial charge in [-0.05, 0) is 23.8 Å². The summed E-state index contributed by atoms with van der Waals surface area (Å²) in [5, 5.41) is 8.81. The first-order valence-electron chi connectivity index (χ1n) is 8.49. The van der Waals surface area contributed by atoms with Gasteiger partial charge in [0, 0.05) is 17.2 Å². The van der Waals surface area contributed by atoms with Crippen LogP contribution in [-0.2, 0) is 24.0 Å². The van der Waals surface area contributed by atoms with Crippen molar-refractivity contribution in [1.29, 1.82) is 0 Å². The summed E-state index contributed by atoms with van der Waals surface area (Å²) in [5.41, 5.74) is 0.836. The zero-order valence-corrected chi connectivity index (χ0v) is 14.9. The minimum atomic E-state index is -4.61. The smallest absolute Gasteiger partial charge is 0.416 e. The van der Waals surface area contributed by atoms with Crippen LogP contribution < -0.4 is 4.74 Å². The topological polar surface area (TPSA) is 59.4 Å². The van der Waals surface area contributed by atoms with Crippen LogP contribution in [0, 0.1) is 5.82 Å². The lowest BCUT2D eigenvalue weighted by Crippen LogP contribution is -2.07. The molecule has 0 aliphatic heterocycles. The van der Waals surface area contributed by atoms with Crippen LogP contribution in [0.3, 0.4) is 0 Å². The molecule has 1 heterocycles. The first kappa shape index (κ1) is 20.3. The molecule has 0 atom stereocenters. The molecule has 0 bridgehead atoms. The third-order valence-corrected chi connectivity index (χ3v) is 4.08. The molecule has 0 aliphatic rings. The quantitative estimate of drug-likeness (QED) is 0.579. The molecular formula is C21H15F4NO3. The van der Waals surface area contributed by atoms with Crippen molar-refractivity contribution in [2.45, 2.75) is 19.2 Å². The second kappa shape index (κ2) is 8.30. The highest BCUT2D eigenvalue weighted by Crippen LogP contribution is 2.30. The Hall–Kier alpha value is -3.42. The van der Waals surface area contributed by atoms with Crippen LogP contribution in [0.4, 0.5) is 17.6 Å². The standard InChI is InChI=1S/C21H15F4NO3/c22-17-11-16(21(23,24)25)9-8-15(17)12-29-19-3-1-2-18(26-19)14-6-4-13(5-7-14)10-20(27)28/h1-9,11H,10,12H2,(H,27,28). The Labute approximate surface area is 163 Å². The molecule has 0 saturated carbocycles. The molecule has 8 heteroatoms. The summed E-state index contributed by atoms with van der Waals surface area (Å²) in [7, 11) is 0. The molecule has 0 aliphatic carbocycles. The minimum Gasteiger partial charge on any atom is -0.481 e. The highest BCUT2D eigenvalue weighted by atomic mass is 19.4. The largest absolute Gasteiger partial charge is 0.481 e. The molecule has 0 radical (unpaired) electrons. The van der Waals surface area contributed by atoms with Crippen LogP contribution in [0.5, 0.6) is 5.88 Å². The van der Waals surface area contributed by atoms with Gasteiger partial charge in [-0.25, -0.2) is 9.37 Å². The van der Waals surface area contributed by atoms with Gasteiger partial charge in [0.25, 0.3) is 0 Å². The van der Waals surface area contributed by atoms with Gasteiger partial charge >= 0.3 is 12.1 Å². The Morgan fingerprint density at radius 2 is 1.76 bits per heavy atom. The number of hydrogen-bond acceptors (Lipinski definition) is 3. The number of carboxylic acids is 1. The van der Waals surface area contributed by atoms with Crippen molar-refractivity contribution in [3.05, 3.63) is 83.2 Å². The number of carboxylic acid groups (broad SMARTS) is 1. The Bertz CT molecular complexity index is 1020. The number of pyridine rings is 1. The highest BCUT2D eigenvalue weighted by molar-refractivity contribution is 5.70. The number of nitrogens with zero attached hydrogens (tertiary/aromatic N) is 1. The molecule has 29 heavy (non-hydrogen) atoms. The fourth-order valence-electron chi connectivity index (χ4n) is 2.62. The third-order valence-electron chi connectivity index (χ3n) is 4.08. The highest BCUT2D eigenvalue weighted by Gasteiger charge is 2.31. The first-order valence-corrected chi connectivity index (χ1v) is 8.49. The van der Waals surface area contributed by atoms with E-state index in [-0.39, 0.29) is 24.5 Å². The summed E-state index contributed by atoms with van der Waals surface area (Å²) in [4.78, 5) is 15.0. The zero-order valence-electron chi connectivity index (χ0n) is 14.9. The van der Waals surface area contributed by atoms with E-state index in [1.165, 1.54) is 0 Å². The van der Waals surface area contributed by atoms with Gasteiger partial charge in [0.1, 0.15) is 12.4 Å². The van der Waals surface area contributed by atoms with Crippen molar-refractivity contribution in [3.8, 4) is 17.1 Å². The normalized spacial score (nSPS) is 11.3. The van der Waals surface area contributed by atoms with Crippen molar-refractivity contribution >= 4 is 5.97 Å². The second-order valence-electron chi connectivity index (χ2n) is 6.22. The number of aliphatic carboxylic acids is 1. The van der Waals surface area contributed by atoms with E-state index < -0.39 is 23.5 Å². The number of ether oxygens (including phenoxy) is 1. The Kier molecular flexibility index (Phi) is 5.81. The van der Waals surface area contributed by atoms with E-state index >= 15 is 0 Å². The Morgan fingerprint density at radius 3 is 2.38 bits per heavy atom. The van der Waals surface area contributed by atoms with Crippen molar-refractivity contribution < 1.29 is 32.2 Å². The lowest BCUT2D eigenvalue weighted by molar-refractivity contribution is -0.138. The van der Waals surface area contributed by atoms with Gasteiger partial charge in [0.15, 0.2) is 0 Å². The van der Waals surface area contributed by atoms with Crippen LogP contribution in [0.15, 0.2) is 60.7 Å². The predicted octanol–water partition coefficient (Wildman–Crippen LogP) is 5.11. The van der Waals surface area contributed by atoms with E-state index in [1.54, 1.807) is 42.5 Å². The average Bonchev–Trinajstić information content (AvgIpc) is 2.66. The van der Waals surface area contributed by atoms with Gasteiger partial charge in [-0.2, -0.15) is 13.2 Å². The van der Waals surface area contributed by atoms with Crippen molar-refractivity contribution in [2.24, 2.45) is 0 Å². The zero-order chi connectivity index (χ0) is 21.0. The number of rotatable bonds is 6. The third kappa shape index (κ3) is 5.31. The van der Waals surface area contributed by atoms with Gasteiger partial charge in [0.05, 0.1) is 17.7 Å². The monoisotopic (exact) mass is 405 g/mol. The molecule has 150 valence electrons. The van der Waals surface area contributed by atoms with Gasteiger partial charge in [-0.15, -0.1) is 0 Å². The van der Waals surface area contributed by atoms with E-state index in [0.29, 0.717) is 17.3 Å². The van der Waals surface area contributed by atoms with Gasteiger partial charge in [-0.1, -0.05) is 36.4 Å². The Morgan fingerprint density at radius 1 is 1.03 bits per heavy atom. The molecule has 0 amide bonds. The van der Waals surface area contributed by atoms with E-state index in [1.807, 2.05) is 0 Å². The maximum atomic E-state index is 13.9. The Balaban J connectivity index is 1.71. The number of halogens is 4. The fraction of sp³-hybridized carbons (Fsp3) is 0.143. The molecule has 3 rings (SSSR count). The first-order chi connectivity index (χ1) is 13.7. The SMILES string of the molecule is O=C(O)Cc1ccc(-c2cccc(OCc3ccc(C(F)(F)F)cc3F)n2)cc1. The van der Waals surface area contributed by atoms with E-state index in [2.05, 4.69) is 4.98 Å². The number of benzene rings is 2. The van der Waals surface area contributed by atoms with Crippen LogP contribution in [0.25, 0.3) is 11.3 Å². The van der Waals surface area contributed by atoms with Crippen molar-refractivity contribution in [3.63, 3.8) is 0 Å². The van der Waals surface area contributed by atoms with Crippen LogP contribution in [0.2, 0.25) is 0 Å². The van der Waals surface area contributed by atoms with Gasteiger partial charge in [-0.3, -0.25) is 4.79 Å². The molecule has 1 aromatic heterocycles. The lowest BCUT2D eigenvalue weighted by Gasteiger charge is -2.11. The second-order valence-corrected chi connectivity index (χ2v) is 6.22. The summed E-state index contributed by atoms with van der Waals surface area (Å²) >= 11 is 0. The van der Waals surface area contributed by atoms with Gasteiger partial charge in [0.2, 0.25) is 5.88 Å². The van der Waals surface area contributed by atoms with Crippen molar-refractivity contribution in [1.82, 2.24) is 4.98 Å². The molecule has 4 nitrogen and oxygen atoms in total. The molecule has 2 aromatic carbocycles. The predicted molar refractivity (Wildman–Crippen MR) is 96.7 cm³/mol. The number of alkyl halides is 3. The minimum absolute atomic E-state index is 0.0248. The van der Waals surface area contributed by atoms with Crippen molar-refractivity contribution in [2.75, 3.05) is 0 Å². The number of hydrogen-bond donors (Lipinski definition) is 1. The summed E-state index contributed by atoms with van der Waals surface area (Å²) in [6, 6.07) is 14.0. The fourth-order valence-corrected chi connectivity index (χ4v) is 2.62. The van der Waals surface area contributed by atoms with E-state index in [0.717, 1.165) is 17.7 Å². The number of carbonyl (C=O) groups is 1. The van der Waals surface area contributed by atoms with Gasteiger partial charge < -0.3 is 9.84 Å². The molecular weight excluding hydrogens is 390 g/mol. The molecule has 1 N–H and O–H groups in total. The summed E-state index contributed by atoms with van der Waals surface area (Å²) in [6.07, 6.45) is -4.70. The summed E-state index contributed by atoms with van der Waals surface area (Å²) in [6.45, 7) is -0.280. The van der Waals surface area contributed by atoms with E-state index in [9.17, 15) is 22.4 Å². The average molecular weight is 405 g/mol. The maximum Gasteiger partial charge on any atom is 0.416 e. The maximum absolute atomic E-state index is 13.9. The van der Waals surface area contributed by atoms with Crippen LogP contribution >= 0.6 is 0 Å². The molecule has 3 aromatic rings. The van der Waals surface area contributed by atoms with Crippen LogP contribution in [-0.4, -0.2) is 16.1 Å². The summed E-state index contributed by atoms with van der Waals surface area (Å²) < 4.78 is 57.2. The lowest BCUT2D eigenvalue weighted by atomic mass is 10.1. The molecule has 0 spiro atoms. The van der Waals surface area contributed by atoms with E-state index in [4.69, 9.17) is 9.84 Å². The molecule has 0 saturated heterocycles. The van der Waals surface area contributed by atoms with Crippen LogP contribution in [0.1, 0.15) is 16.7 Å². The summed E-state index contributed by atoms with van der Waals surface area (Å²) in [5.74, 6) is -1.76. The molecule has 0 unspecified atom stereocenters.